The summed E-state index contributed by atoms with van der Waals surface area (Å²) in [6.45, 7) is -0.196. The van der Waals surface area contributed by atoms with Crippen molar-refractivity contribution in [3.05, 3.63) is 11.6 Å². The molecule has 0 fully saturated rings. The molecule has 0 saturated heterocycles. The smallest absolute Gasteiger partial charge is 0.303 e. The maximum absolute atomic E-state index is 11.3. The van der Waals surface area contributed by atoms with Gasteiger partial charge in [-0.05, 0) is 0 Å². The third-order valence-corrected chi connectivity index (χ3v) is 2.38. The molecule has 92 valence electrons. The van der Waals surface area contributed by atoms with E-state index in [-0.39, 0.29) is 19.4 Å². The van der Waals surface area contributed by atoms with Gasteiger partial charge in [0.1, 0.15) is 0 Å². The average molecular weight is 257 g/mol. The summed E-state index contributed by atoms with van der Waals surface area (Å²) >= 11 is 1.27. The highest BCUT2D eigenvalue weighted by atomic mass is 32.1. The first-order valence-corrected chi connectivity index (χ1v) is 5.63. The van der Waals surface area contributed by atoms with Crippen molar-refractivity contribution < 1.29 is 19.5 Å². The molecule has 0 spiro atoms. The van der Waals surface area contributed by atoms with Gasteiger partial charge >= 0.3 is 5.97 Å². The monoisotopic (exact) mass is 257 g/mol. The second kappa shape index (κ2) is 6.59. The fraction of sp³-hybridized carbons (Fsp3) is 0.333. The maximum atomic E-state index is 11.3. The minimum Gasteiger partial charge on any atom is -0.481 e. The third-order valence-electron chi connectivity index (χ3n) is 1.69. The Morgan fingerprint density at radius 3 is 2.65 bits per heavy atom. The molecule has 0 unspecified atom stereocenters. The van der Waals surface area contributed by atoms with Crippen LogP contribution in [-0.2, 0) is 14.4 Å². The number of carboxylic acid groups (broad SMARTS) is 1. The molecular formula is C9H11N3O4S. The van der Waals surface area contributed by atoms with Gasteiger partial charge in [0.15, 0.2) is 5.13 Å². The topological polar surface area (TPSA) is 108 Å². The summed E-state index contributed by atoms with van der Waals surface area (Å²) in [4.78, 5) is 36.4. The van der Waals surface area contributed by atoms with Crippen molar-refractivity contribution in [2.24, 2.45) is 0 Å². The molecule has 0 bridgehead atoms. The van der Waals surface area contributed by atoms with Crippen LogP contribution in [0.1, 0.15) is 12.8 Å². The molecule has 17 heavy (non-hydrogen) atoms. The van der Waals surface area contributed by atoms with Crippen LogP contribution >= 0.6 is 11.3 Å². The number of nitrogens with zero attached hydrogens (tertiary/aromatic N) is 1. The van der Waals surface area contributed by atoms with E-state index >= 15 is 0 Å². The SMILES string of the molecule is O=C(O)CCC(=O)NCC(=O)Nc1nccs1. The van der Waals surface area contributed by atoms with E-state index in [2.05, 4.69) is 15.6 Å². The van der Waals surface area contributed by atoms with Crippen molar-refractivity contribution in [3.63, 3.8) is 0 Å². The van der Waals surface area contributed by atoms with Gasteiger partial charge in [0.05, 0.1) is 13.0 Å². The van der Waals surface area contributed by atoms with Crippen LogP contribution in [0, 0.1) is 0 Å². The van der Waals surface area contributed by atoms with Crippen LogP contribution in [-0.4, -0.2) is 34.4 Å². The number of aromatic nitrogens is 1. The van der Waals surface area contributed by atoms with Crippen molar-refractivity contribution >= 4 is 34.3 Å². The summed E-state index contributed by atoms with van der Waals surface area (Å²) in [5.41, 5.74) is 0. The fourth-order valence-corrected chi connectivity index (χ4v) is 1.48. The Labute approximate surface area is 101 Å². The first kappa shape index (κ1) is 13.1. The van der Waals surface area contributed by atoms with Gasteiger partial charge in [-0.15, -0.1) is 11.3 Å². The first-order valence-electron chi connectivity index (χ1n) is 4.76. The van der Waals surface area contributed by atoms with E-state index in [1.807, 2.05) is 0 Å². The van der Waals surface area contributed by atoms with Gasteiger partial charge in [0, 0.05) is 18.0 Å². The number of rotatable bonds is 6. The number of hydrogen-bond acceptors (Lipinski definition) is 5. The van der Waals surface area contributed by atoms with Gasteiger partial charge in [0.25, 0.3) is 0 Å². The Hall–Kier alpha value is -1.96. The van der Waals surface area contributed by atoms with Crippen LogP contribution in [0.15, 0.2) is 11.6 Å². The molecule has 1 rings (SSSR count). The van der Waals surface area contributed by atoms with E-state index in [9.17, 15) is 14.4 Å². The zero-order chi connectivity index (χ0) is 12.7. The summed E-state index contributed by atoms with van der Waals surface area (Å²) < 4.78 is 0. The average Bonchev–Trinajstić information content (AvgIpc) is 2.76. The lowest BCUT2D eigenvalue weighted by Crippen LogP contribution is -2.32. The Morgan fingerprint density at radius 1 is 1.29 bits per heavy atom. The molecule has 2 amide bonds. The molecule has 8 heteroatoms. The number of carbonyl (C=O) groups excluding carboxylic acids is 2. The number of carbonyl (C=O) groups is 3. The van der Waals surface area contributed by atoms with Gasteiger partial charge in [-0.25, -0.2) is 4.98 Å². The molecule has 0 aliphatic carbocycles. The Balaban J connectivity index is 2.19. The number of carboxylic acids is 1. The molecule has 1 aromatic rings. The van der Waals surface area contributed by atoms with E-state index in [0.717, 1.165) is 0 Å². The Kier molecular flexibility index (Phi) is 5.08. The second-order valence-corrected chi connectivity index (χ2v) is 3.95. The molecule has 1 aromatic heterocycles. The molecule has 0 saturated carbocycles. The minimum absolute atomic E-state index is 0.139. The minimum atomic E-state index is -1.05. The molecular weight excluding hydrogens is 246 g/mol. The summed E-state index contributed by atoms with van der Waals surface area (Å²) in [6, 6.07) is 0. The number of amides is 2. The highest BCUT2D eigenvalue weighted by molar-refractivity contribution is 7.13. The zero-order valence-electron chi connectivity index (χ0n) is 8.80. The predicted octanol–water partition coefficient (Wildman–Crippen LogP) is 0.0626. The third kappa shape index (κ3) is 5.61. The Bertz CT molecular complexity index is 404. The zero-order valence-corrected chi connectivity index (χ0v) is 9.62. The molecule has 0 aliphatic heterocycles. The van der Waals surface area contributed by atoms with Crippen LogP contribution < -0.4 is 10.6 Å². The molecule has 7 nitrogen and oxygen atoms in total. The highest BCUT2D eigenvalue weighted by Crippen LogP contribution is 2.09. The number of thiazole rings is 1. The van der Waals surface area contributed by atoms with E-state index in [1.54, 1.807) is 11.6 Å². The normalized spacial score (nSPS) is 9.65. The summed E-state index contributed by atoms with van der Waals surface area (Å²) in [7, 11) is 0. The largest absolute Gasteiger partial charge is 0.481 e. The van der Waals surface area contributed by atoms with Crippen LogP contribution in [0.25, 0.3) is 0 Å². The lowest BCUT2D eigenvalue weighted by molar-refractivity contribution is -0.138. The van der Waals surface area contributed by atoms with Gasteiger partial charge < -0.3 is 15.7 Å². The second-order valence-electron chi connectivity index (χ2n) is 3.06. The maximum Gasteiger partial charge on any atom is 0.303 e. The van der Waals surface area contributed by atoms with Crippen LogP contribution in [0.5, 0.6) is 0 Å². The lowest BCUT2D eigenvalue weighted by Gasteiger charge is -2.03. The lowest BCUT2D eigenvalue weighted by atomic mass is 10.3. The van der Waals surface area contributed by atoms with Crippen LogP contribution in [0.4, 0.5) is 5.13 Å². The van der Waals surface area contributed by atoms with E-state index < -0.39 is 17.8 Å². The first-order chi connectivity index (χ1) is 8.08. The molecule has 3 N–H and O–H groups in total. The number of anilines is 1. The predicted molar refractivity (Wildman–Crippen MR) is 60.6 cm³/mol. The molecule has 0 aliphatic rings. The van der Waals surface area contributed by atoms with Gasteiger partial charge in [-0.2, -0.15) is 0 Å². The van der Waals surface area contributed by atoms with Gasteiger partial charge in [-0.1, -0.05) is 0 Å². The van der Waals surface area contributed by atoms with Crippen molar-refractivity contribution in [1.29, 1.82) is 0 Å². The van der Waals surface area contributed by atoms with E-state index in [1.165, 1.54) is 11.3 Å². The van der Waals surface area contributed by atoms with Crippen molar-refractivity contribution in [2.75, 3.05) is 11.9 Å². The highest BCUT2D eigenvalue weighted by Gasteiger charge is 2.08. The quantitative estimate of drug-likeness (QED) is 0.668. The van der Waals surface area contributed by atoms with Crippen molar-refractivity contribution in [1.82, 2.24) is 10.3 Å². The van der Waals surface area contributed by atoms with Gasteiger partial charge in [-0.3, -0.25) is 14.4 Å². The summed E-state index contributed by atoms with van der Waals surface area (Å²) in [5.74, 6) is -1.92. The number of hydrogen-bond donors (Lipinski definition) is 3. The van der Waals surface area contributed by atoms with E-state index in [4.69, 9.17) is 5.11 Å². The van der Waals surface area contributed by atoms with Crippen molar-refractivity contribution in [2.45, 2.75) is 12.8 Å². The van der Waals surface area contributed by atoms with Gasteiger partial charge in [0.2, 0.25) is 11.8 Å². The number of nitrogens with one attached hydrogen (secondary N) is 2. The molecule has 0 radical (unpaired) electrons. The fourth-order valence-electron chi connectivity index (χ4n) is 0.936. The van der Waals surface area contributed by atoms with Crippen LogP contribution in [0.3, 0.4) is 0 Å². The molecule has 0 atom stereocenters. The Morgan fingerprint density at radius 2 is 2.06 bits per heavy atom. The standard InChI is InChI=1S/C9H11N3O4S/c13-6(1-2-8(15)16)11-5-7(14)12-9-10-3-4-17-9/h3-4H,1-2,5H2,(H,11,13)(H,15,16)(H,10,12,14). The number of aliphatic carboxylic acids is 1. The summed E-state index contributed by atoms with van der Waals surface area (Å²) in [6.07, 6.45) is 1.16. The van der Waals surface area contributed by atoms with Crippen LogP contribution in [0.2, 0.25) is 0 Å². The van der Waals surface area contributed by atoms with Crippen molar-refractivity contribution in [3.8, 4) is 0 Å². The van der Waals surface area contributed by atoms with E-state index in [0.29, 0.717) is 5.13 Å². The summed E-state index contributed by atoms with van der Waals surface area (Å²) in [5, 5.41) is 15.3. The molecule has 1 heterocycles. The molecule has 0 aromatic carbocycles.